The van der Waals surface area contributed by atoms with E-state index in [4.69, 9.17) is 0 Å². The number of amides is 1. The summed E-state index contributed by atoms with van der Waals surface area (Å²) in [5.41, 5.74) is 0. The summed E-state index contributed by atoms with van der Waals surface area (Å²) in [5.74, 6) is 0.979. The van der Waals surface area contributed by atoms with Crippen LogP contribution in [0.5, 0.6) is 0 Å². The zero-order valence-corrected chi connectivity index (χ0v) is 12.2. The maximum Gasteiger partial charge on any atom is 0.225 e. The second kappa shape index (κ2) is 7.19. The first-order valence-corrected chi connectivity index (χ1v) is 7.20. The number of hydrogen-bond donors (Lipinski definition) is 1. The molecule has 2 rings (SSSR count). The largest absolute Gasteiger partial charge is 0.339 e. The van der Waals surface area contributed by atoms with E-state index in [0.717, 1.165) is 38.7 Å². The zero-order valence-electron chi connectivity index (χ0n) is 12.2. The third kappa shape index (κ3) is 4.16. The minimum Gasteiger partial charge on any atom is -0.339 e. The molecule has 6 nitrogen and oxygen atoms in total. The lowest BCUT2D eigenvalue weighted by atomic mass is 10.2. The first-order valence-electron chi connectivity index (χ1n) is 7.20. The molecule has 0 atom stereocenters. The van der Waals surface area contributed by atoms with Crippen LogP contribution in [-0.4, -0.2) is 59.5 Å². The highest BCUT2D eigenvalue weighted by atomic mass is 16.2. The average Bonchev–Trinajstić information content (AvgIpc) is 2.48. The van der Waals surface area contributed by atoms with Gasteiger partial charge < -0.3 is 15.1 Å². The van der Waals surface area contributed by atoms with Gasteiger partial charge in [-0.15, -0.1) is 0 Å². The van der Waals surface area contributed by atoms with E-state index in [-0.39, 0.29) is 5.91 Å². The van der Waals surface area contributed by atoms with Gasteiger partial charge >= 0.3 is 0 Å². The highest BCUT2D eigenvalue weighted by molar-refractivity contribution is 5.76. The third-order valence-corrected chi connectivity index (χ3v) is 3.36. The van der Waals surface area contributed by atoms with Crippen LogP contribution in [0.1, 0.15) is 20.3 Å². The van der Waals surface area contributed by atoms with Crippen LogP contribution >= 0.6 is 0 Å². The van der Waals surface area contributed by atoms with Gasteiger partial charge in [0.25, 0.3) is 0 Å². The van der Waals surface area contributed by atoms with E-state index in [2.05, 4.69) is 34.0 Å². The first-order chi connectivity index (χ1) is 9.66. The first kappa shape index (κ1) is 14.7. The molecule has 0 aliphatic carbocycles. The maximum atomic E-state index is 12.1. The van der Waals surface area contributed by atoms with Crippen LogP contribution in [0.15, 0.2) is 18.5 Å². The van der Waals surface area contributed by atoms with Gasteiger partial charge in [-0.3, -0.25) is 4.79 Å². The van der Waals surface area contributed by atoms with Gasteiger partial charge in [0.05, 0.1) is 0 Å². The topological polar surface area (TPSA) is 61.4 Å². The number of aromatic nitrogens is 2. The van der Waals surface area contributed by atoms with Crippen molar-refractivity contribution in [1.82, 2.24) is 20.2 Å². The second-order valence-corrected chi connectivity index (χ2v) is 5.28. The Labute approximate surface area is 120 Å². The summed E-state index contributed by atoms with van der Waals surface area (Å²) < 4.78 is 0. The lowest BCUT2D eigenvalue weighted by Crippen LogP contribution is -2.49. The quantitative estimate of drug-likeness (QED) is 0.850. The lowest BCUT2D eigenvalue weighted by molar-refractivity contribution is -0.131. The number of nitrogens with zero attached hydrogens (tertiary/aromatic N) is 4. The van der Waals surface area contributed by atoms with Gasteiger partial charge in [0.15, 0.2) is 0 Å². The number of rotatable bonds is 5. The minimum atomic E-state index is 0.229. The van der Waals surface area contributed by atoms with Crippen LogP contribution in [0.2, 0.25) is 0 Å². The highest BCUT2D eigenvalue weighted by Gasteiger charge is 2.21. The van der Waals surface area contributed by atoms with E-state index >= 15 is 0 Å². The molecule has 20 heavy (non-hydrogen) atoms. The molecule has 1 saturated heterocycles. The number of carbonyl (C=O) groups is 1. The summed E-state index contributed by atoms with van der Waals surface area (Å²) in [4.78, 5) is 24.6. The van der Waals surface area contributed by atoms with Gasteiger partial charge in [0.1, 0.15) is 0 Å². The van der Waals surface area contributed by atoms with Gasteiger partial charge in [-0.1, -0.05) is 13.8 Å². The van der Waals surface area contributed by atoms with E-state index in [1.807, 2.05) is 11.0 Å². The lowest BCUT2D eigenvalue weighted by Gasteiger charge is -2.34. The second-order valence-electron chi connectivity index (χ2n) is 5.28. The molecule has 0 spiro atoms. The van der Waals surface area contributed by atoms with Crippen molar-refractivity contribution in [3.05, 3.63) is 18.5 Å². The van der Waals surface area contributed by atoms with Crippen LogP contribution in [0.25, 0.3) is 0 Å². The van der Waals surface area contributed by atoms with Crippen molar-refractivity contribution < 1.29 is 4.79 Å². The van der Waals surface area contributed by atoms with E-state index in [9.17, 15) is 4.79 Å². The van der Waals surface area contributed by atoms with Crippen LogP contribution < -0.4 is 10.2 Å². The van der Waals surface area contributed by atoms with Crippen molar-refractivity contribution in [2.45, 2.75) is 26.3 Å². The van der Waals surface area contributed by atoms with E-state index < -0.39 is 0 Å². The number of piperazine rings is 1. The predicted octanol–water partition coefficient (Wildman–Crippen LogP) is 0.513. The minimum absolute atomic E-state index is 0.229. The molecule has 1 aliphatic rings. The van der Waals surface area contributed by atoms with Crippen LogP contribution in [0.3, 0.4) is 0 Å². The summed E-state index contributed by atoms with van der Waals surface area (Å²) in [6, 6.07) is 2.24. The fourth-order valence-electron chi connectivity index (χ4n) is 2.24. The Bertz CT molecular complexity index is 415. The molecule has 1 amide bonds. The number of hydrogen-bond acceptors (Lipinski definition) is 5. The molecular weight excluding hydrogens is 254 g/mol. The SMILES string of the molecule is CC(C)NCCC(=O)N1CCN(c2ncccn2)CC1. The Balaban J connectivity index is 1.75. The molecule has 0 saturated carbocycles. The van der Waals surface area contributed by atoms with E-state index in [1.165, 1.54) is 0 Å². The van der Waals surface area contributed by atoms with Gasteiger partial charge in [0.2, 0.25) is 11.9 Å². The number of carbonyl (C=O) groups excluding carboxylic acids is 1. The summed E-state index contributed by atoms with van der Waals surface area (Å²) in [6.07, 6.45) is 4.06. The van der Waals surface area contributed by atoms with Crippen molar-refractivity contribution in [1.29, 1.82) is 0 Å². The Morgan fingerprint density at radius 2 is 1.90 bits per heavy atom. The number of anilines is 1. The zero-order chi connectivity index (χ0) is 14.4. The highest BCUT2D eigenvalue weighted by Crippen LogP contribution is 2.10. The van der Waals surface area contributed by atoms with Crippen LogP contribution in [0.4, 0.5) is 5.95 Å². The molecule has 1 fully saturated rings. The standard InChI is InChI=1S/C14H23N5O/c1-12(2)15-7-4-13(20)18-8-10-19(11-9-18)14-16-5-3-6-17-14/h3,5-6,12,15H,4,7-11H2,1-2H3. The molecular formula is C14H23N5O. The number of nitrogens with one attached hydrogen (secondary N) is 1. The molecule has 0 radical (unpaired) electrons. The van der Waals surface area contributed by atoms with E-state index in [0.29, 0.717) is 12.5 Å². The van der Waals surface area contributed by atoms with Crippen molar-refractivity contribution in [2.24, 2.45) is 0 Å². The Hall–Kier alpha value is -1.69. The molecule has 110 valence electrons. The predicted molar refractivity (Wildman–Crippen MR) is 78.6 cm³/mol. The van der Waals surface area contributed by atoms with E-state index in [1.54, 1.807) is 12.4 Å². The molecule has 1 aromatic rings. The van der Waals surface area contributed by atoms with Gasteiger partial charge in [-0.25, -0.2) is 9.97 Å². The molecule has 0 aromatic carbocycles. The maximum absolute atomic E-state index is 12.1. The molecule has 6 heteroatoms. The molecule has 1 aromatic heterocycles. The molecule has 1 aliphatic heterocycles. The van der Waals surface area contributed by atoms with Crippen molar-refractivity contribution in [2.75, 3.05) is 37.6 Å². The summed E-state index contributed by atoms with van der Waals surface area (Å²) >= 11 is 0. The molecule has 0 bridgehead atoms. The summed E-state index contributed by atoms with van der Waals surface area (Å²) in [5, 5.41) is 3.27. The summed E-state index contributed by atoms with van der Waals surface area (Å²) in [6.45, 7) is 8.02. The average molecular weight is 277 g/mol. The molecule has 0 unspecified atom stereocenters. The van der Waals surface area contributed by atoms with Gasteiger partial charge in [-0.05, 0) is 6.07 Å². The Morgan fingerprint density at radius 1 is 1.25 bits per heavy atom. The van der Waals surface area contributed by atoms with Gasteiger partial charge in [-0.2, -0.15) is 0 Å². The fraction of sp³-hybridized carbons (Fsp3) is 0.643. The van der Waals surface area contributed by atoms with Crippen molar-refractivity contribution >= 4 is 11.9 Å². The van der Waals surface area contributed by atoms with Crippen LogP contribution in [0, 0.1) is 0 Å². The summed E-state index contributed by atoms with van der Waals surface area (Å²) in [7, 11) is 0. The van der Waals surface area contributed by atoms with Crippen molar-refractivity contribution in [3.63, 3.8) is 0 Å². The smallest absolute Gasteiger partial charge is 0.225 e. The Morgan fingerprint density at radius 3 is 2.50 bits per heavy atom. The normalized spacial score (nSPS) is 15.8. The fourth-order valence-corrected chi connectivity index (χ4v) is 2.24. The molecule has 2 heterocycles. The third-order valence-electron chi connectivity index (χ3n) is 3.36. The molecule has 1 N–H and O–H groups in total. The Kier molecular flexibility index (Phi) is 5.29. The monoisotopic (exact) mass is 277 g/mol. The van der Waals surface area contributed by atoms with Gasteiger partial charge in [0, 0.05) is 57.6 Å². The van der Waals surface area contributed by atoms with Crippen molar-refractivity contribution in [3.8, 4) is 0 Å². The van der Waals surface area contributed by atoms with Crippen LogP contribution in [-0.2, 0) is 4.79 Å².